The molecule has 1 fully saturated rings. The molecule has 9 heteroatoms. The minimum Gasteiger partial charge on any atom is -0.325 e. The highest BCUT2D eigenvalue weighted by atomic mass is 35.5. The minimum atomic E-state index is -0.353. The predicted molar refractivity (Wildman–Crippen MR) is 95.7 cm³/mol. The molecule has 1 heterocycles. The average molecular weight is 386 g/mol. The lowest BCUT2D eigenvalue weighted by Gasteiger charge is -2.14. The van der Waals surface area contributed by atoms with Crippen LogP contribution in [0.25, 0.3) is 0 Å². The van der Waals surface area contributed by atoms with Crippen LogP contribution in [0.2, 0.25) is 10.0 Å². The van der Waals surface area contributed by atoms with Crippen molar-refractivity contribution in [3.8, 4) is 0 Å². The van der Waals surface area contributed by atoms with Crippen LogP contribution in [0, 0.1) is 0 Å². The van der Waals surface area contributed by atoms with Crippen LogP contribution in [-0.4, -0.2) is 31.4 Å². The first-order chi connectivity index (χ1) is 11.5. The normalized spacial score (nSPS) is 16.3. The van der Waals surface area contributed by atoms with E-state index in [2.05, 4.69) is 20.8 Å². The number of nitrogens with zero attached hydrogens (tertiary/aromatic N) is 4. The molecule has 2 aromatic rings. The largest absolute Gasteiger partial charge is 0.325 e. The molecule has 0 saturated heterocycles. The van der Waals surface area contributed by atoms with Gasteiger partial charge in [0.15, 0.2) is 0 Å². The minimum absolute atomic E-state index is 0.153. The van der Waals surface area contributed by atoms with E-state index in [4.69, 9.17) is 23.2 Å². The summed E-state index contributed by atoms with van der Waals surface area (Å²) in [4.78, 5) is 12.4. The molecule has 0 bridgehead atoms. The Morgan fingerprint density at radius 3 is 2.62 bits per heavy atom. The van der Waals surface area contributed by atoms with Gasteiger partial charge in [-0.15, -0.1) is 5.10 Å². The maximum Gasteiger partial charge on any atom is 0.237 e. The van der Waals surface area contributed by atoms with Gasteiger partial charge in [-0.1, -0.05) is 47.8 Å². The summed E-state index contributed by atoms with van der Waals surface area (Å²) in [6, 6.07) is 5.27. The highest BCUT2D eigenvalue weighted by Crippen LogP contribution is 2.32. The molecule has 1 aliphatic carbocycles. The number of nitrogens with one attached hydrogen (secondary N) is 1. The molecule has 6 nitrogen and oxygen atoms in total. The smallest absolute Gasteiger partial charge is 0.237 e. The number of hydrogen-bond acceptors (Lipinski definition) is 5. The van der Waals surface area contributed by atoms with Crippen LogP contribution < -0.4 is 5.32 Å². The van der Waals surface area contributed by atoms with Gasteiger partial charge in [0.05, 0.1) is 11.3 Å². The van der Waals surface area contributed by atoms with Gasteiger partial charge >= 0.3 is 0 Å². The number of amides is 1. The Kier molecular flexibility index (Phi) is 5.63. The van der Waals surface area contributed by atoms with E-state index >= 15 is 0 Å². The van der Waals surface area contributed by atoms with Crippen molar-refractivity contribution < 1.29 is 4.79 Å². The monoisotopic (exact) mass is 385 g/mol. The number of thioether (sulfide) groups is 1. The highest BCUT2D eigenvalue weighted by molar-refractivity contribution is 8.00. The number of halogens is 2. The van der Waals surface area contributed by atoms with Crippen LogP contribution in [-0.2, 0) is 4.79 Å². The van der Waals surface area contributed by atoms with Crippen LogP contribution in [0.1, 0.15) is 38.6 Å². The van der Waals surface area contributed by atoms with E-state index in [1.807, 2.05) is 11.6 Å². The van der Waals surface area contributed by atoms with Crippen LogP contribution in [0.15, 0.2) is 23.4 Å². The number of benzene rings is 1. The molecule has 1 aromatic carbocycles. The highest BCUT2D eigenvalue weighted by Gasteiger charge is 2.24. The molecule has 0 aliphatic heterocycles. The van der Waals surface area contributed by atoms with E-state index in [0.717, 1.165) is 12.8 Å². The lowest BCUT2D eigenvalue weighted by molar-refractivity contribution is -0.115. The quantitative estimate of drug-likeness (QED) is 0.780. The van der Waals surface area contributed by atoms with E-state index in [0.29, 0.717) is 26.9 Å². The molecule has 1 saturated carbocycles. The topological polar surface area (TPSA) is 72.7 Å². The van der Waals surface area contributed by atoms with Gasteiger partial charge in [0.25, 0.3) is 0 Å². The fourth-order valence-corrected chi connectivity index (χ4v) is 4.11. The lowest BCUT2D eigenvalue weighted by atomic mass is 10.3. The van der Waals surface area contributed by atoms with Crippen molar-refractivity contribution >= 4 is 46.6 Å². The first-order valence-corrected chi connectivity index (χ1v) is 9.38. The summed E-state index contributed by atoms with van der Waals surface area (Å²) >= 11 is 13.3. The summed E-state index contributed by atoms with van der Waals surface area (Å²) in [6.45, 7) is 1.82. The Morgan fingerprint density at radius 1 is 1.29 bits per heavy atom. The van der Waals surface area contributed by atoms with Gasteiger partial charge in [-0.05, 0) is 48.4 Å². The van der Waals surface area contributed by atoms with Crippen molar-refractivity contribution in [2.75, 3.05) is 5.32 Å². The first kappa shape index (κ1) is 17.5. The van der Waals surface area contributed by atoms with E-state index < -0.39 is 0 Å². The van der Waals surface area contributed by atoms with Crippen LogP contribution in [0.3, 0.4) is 0 Å². The lowest BCUT2D eigenvalue weighted by Crippen LogP contribution is -2.23. The molecule has 3 rings (SSSR count). The summed E-state index contributed by atoms with van der Waals surface area (Å²) in [7, 11) is 0. The molecule has 1 aromatic heterocycles. The van der Waals surface area contributed by atoms with Gasteiger partial charge in [-0.25, -0.2) is 4.68 Å². The number of carbonyl (C=O) groups is 1. The summed E-state index contributed by atoms with van der Waals surface area (Å²) in [5.41, 5.74) is 0.570. The van der Waals surface area contributed by atoms with Gasteiger partial charge in [0.1, 0.15) is 0 Å². The van der Waals surface area contributed by atoms with Gasteiger partial charge in [-0.3, -0.25) is 4.79 Å². The molecule has 0 spiro atoms. The first-order valence-electron chi connectivity index (χ1n) is 7.74. The Morgan fingerprint density at radius 2 is 1.96 bits per heavy atom. The van der Waals surface area contributed by atoms with Crippen molar-refractivity contribution in [2.45, 2.75) is 49.1 Å². The molecule has 1 amide bonds. The number of aromatic nitrogens is 4. The molecule has 0 unspecified atom stereocenters. The fourth-order valence-electron chi connectivity index (χ4n) is 2.72. The maximum atomic E-state index is 12.4. The van der Waals surface area contributed by atoms with Crippen LogP contribution in [0.4, 0.5) is 5.69 Å². The zero-order valence-corrected chi connectivity index (χ0v) is 15.4. The van der Waals surface area contributed by atoms with Gasteiger partial charge < -0.3 is 5.32 Å². The molecule has 0 radical (unpaired) electrons. The SMILES string of the molecule is C[C@H](Sc1nnnn1C1CCCC1)C(=O)Nc1cc(Cl)cc(Cl)c1. The summed E-state index contributed by atoms with van der Waals surface area (Å²) in [5, 5.41) is 16.0. The zero-order valence-electron chi connectivity index (χ0n) is 13.1. The van der Waals surface area contributed by atoms with Crippen molar-refractivity contribution in [2.24, 2.45) is 0 Å². The summed E-state index contributed by atoms with van der Waals surface area (Å²) in [5.74, 6) is -0.153. The Hall–Kier alpha value is -1.31. The molecule has 128 valence electrons. The fraction of sp³-hybridized carbons (Fsp3) is 0.467. The molecular weight excluding hydrogens is 369 g/mol. The summed E-state index contributed by atoms with van der Waals surface area (Å²) in [6.07, 6.45) is 4.56. The molecule has 1 N–H and O–H groups in total. The second kappa shape index (κ2) is 7.72. The van der Waals surface area contributed by atoms with Gasteiger partial charge in [0.2, 0.25) is 11.1 Å². The predicted octanol–water partition coefficient (Wildman–Crippen LogP) is 4.21. The number of anilines is 1. The number of tetrazole rings is 1. The third-order valence-corrected chi connectivity index (χ3v) is 5.40. The van der Waals surface area contributed by atoms with E-state index in [-0.39, 0.29) is 11.2 Å². The van der Waals surface area contributed by atoms with E-state index in [9.17, 15) is 4.79 Å². The second-order valence-corrected chi connectivity index (χ2v) is 7.93. The second-order valence-electron chi connectivity index (χ2n) is 5.75. The van der Waals surface area contributed by atoms with Crippen molar-refractivity contribution in [1.82, 2.24) is 20.2 Å². The zero-order chi connectivity index (χ0) is 17.1. The van der Waals surface area contributed by atoms with Crippen molar-refractivity contribution in [1.29, 1.82) is 0 Å². The standard InChI is InChI=1S/C15H17Cl2N5OS/c1-9(14(23)18-12-7-10(16)6-11(17)8-12)24-15-19-20-21-22(15)13-4-2-3-5-13/h6-9,13H,2-5H2,1H3,(H,18,23)/t9-/m0/s1. The summed E-state index contributed by atoms with van der Waals surface area (Å²) < 4.78 is 1.84. The third kappa shape index (κ3) is 4.20. The van der Waals surface area contributed by atoms with Crippen molar-refractivity contribution in [3.05, 3.63) is 28.2 Å². The molecule has 24 heavy (non-hydrogen) atoms. The van der Waals surface area contributed by atoms with Crippen molar-refractivity contribution in [3.63, 3.8) is 0 Å². The maximum absolute atomic E-state index is 12.4. The molecule has 1 atom stereocenters. The van der Waals surface area contributed by atoms with E-state index in [1.54, 1.807) is 18.2 Å². The van der Waals surface area contributed by atoms with Crippen LogP contribution in [0.5, 0.6) is 0 Å². The Labute approximate surface area is 154 Å². The Bertz CT molecular complexity index is 712. The molecule has 1 aliphatic rings. The number of carbonyl (C=O) groups excluding carboxylic acids is 1. The third-order valence-electron chi connectivity index (χ3n) is 3.91. The Balaban J connectivity index is 1.65. The molecular formula is C15H17Cl2N5OS. The van der Waals surface area contributed by atoms with Gasteiger partial charge in [0, 0.05) is 15.7 Å². The number of rotatable bonds is 5. The average Bonchev–Trinajstić information content (AvgIpc) is 3.16. The van der Waals surface area contributed by atoms with Crippen LogP contribution >= 0.6 is 35.0 Å². The van der Waals surface area contributed by atoms with E-state index in [1.165, 1.54) is 24.6 Å². The number of hydrogen-bond donors (Lipinski definition) is 1. The van der Waals surface area contributed by atoms with Gasteiger partial charge in [-0.2, -0.15) is 0 Å².